The molecule has 3 heteroatoms. The number of aryl methyl sites for hydroxylation is 2. The maximum Gasteiger partial charge on any atom is 2.00 e. The third-order valence-corrected chi connectivity index (χ3v) is 10.4. The van der Waals surface area contributed by atoms with Crippen molar-refractivity contribution in [2.45, 2.75) is 215 Å². The fourth-order valence-electron chi connectivity index (χ4n) is 7.11. The summed E-state index contributed by atoms with van der Waals surface area (Å²) in [5.41, 5.74) is 21.9. The van der Waals surface area contributed by atoms with Gasteiger partial charge in [-0.1, -0.05) is 175 Å². The molecule has 0 aromatic heterocycles. The standard InChI is InChI=1S/C41H62N2.2C5H11.Pd/c1-5-9-13-15-17-20-24-34-29-31-36(32-30-34)40-38(27-19-11-7-3)39(28-21-18-16-14-10-6-2)41(43(40)42)37-26-22-25-35(33-37)23-12-8-4;2*1-3-5-4-2;/h22,25-26,29-33H,5-21,23-24,27-28H2,1-4H3;2*1,3-5H2,2H3;/q;2*-1;+2. The van der Waals surface area contributed by atoms with Crippen LogP contribution in [-0.2, 0) is 33.3 Å². The Morgan fingerprint density at radius 3 is 1.31 bits per heavy atom. The number of hydrogen-bond donors (Lipinski definition) is 0. The first-order chi connectivity index (χ1) is 26.0. The Bertz CT molecular complexity index is 1240. The second-order valence-electron chi connectivity index (χ2n) is 15.4. The largest absolute Gasteiger partial charge is 2.00 e. The minimum atomic E-state index is 0. The molecule has 0 N–H and O–H groups in total. The Kier molecular flexibility index (Phi) is 34.4. The van der Waals surface area contributed by atoms with Crippen molar-refractivity contribution in [3.63, 3.8) is 0 Å². The number of benzene rings is 2. The average Bonchev–Trinajstić information content (AvgIpc) is 3.45. The summed E-state index contributed by atoms with van der Waals surface area (Å²) in [5, 5.41) is 0. The summed E-state index contributed by atoms with van der Waals surface area (Å²) in [4.78, 5) is 0. The number of hydrogen-bond acceptors (Lipinski definition) is 0. The molecule has 0 spiro atoms. The minimum absolute atomic E-state index is 0. The zero-order valence-corrected chi connectivity index (χ0v) is 37.9. The van der Waals surface area contributed by atoms with Crippen molar-refractivity contribution in [1.29, 1.82) is 0 Å². The van der Waals surface area contributed by atoms with Crippen molar-refractivity contribution < 1.29 is 25.1 Å². The molecule has 0 atom stereocenters. The first kappa shape index (κ1) is 52.2. The fraction of sp³-hybridized carbons (Fsp3) is 0.647. The van der Waals surface area contributed by atoms with Crippen LogP contribution in [0.2, 0.25) is 0 Å². The van der Waals surface area contributed by atoms with E-state index in [-0.39, 0.29) is 20.4 Å². The van der Waals surface area contributed by atoms with E-state index in [9.17, 15) is 5.53 Å². The topological polar surface area (TPSA) is 25.3 Å². The number of nitrogens with zero attached hydrogens (tertiary/aromatic N) is 2. The van der Waals surface area contributed by atoms with Crippen LogP contribution in [-0.4, -0.2) is 4.70 Å². The summed E-state index contributed by atoms with van der Waals surface area (Å²) in [5.74, 6) is 0. The second kappa shape index (κ2) is 35.6. The predicted octanol–water partition coefficient (Wildman–Crippen LogP) is 17.5. The van der Waals surface area contributed by atoms with Crippen molar-refractivity contribution >= 4 is 11.4 Å². The van der Waals surface area contributed by atoms with Gasteiger partial charge in [0.15, 0.2) is 0 Å². The van der Waals surface area contributed by atoms with Gasteiger partial charge < -0.3 is 19.4 Å². The van der Waals surface area contributed by atoms with Crippen LogP contribution in [0, 0.1) is 13.8 Å². The molecule has 1 aliphatic rings. The van der Waals surface area contributed by atoms with E-state index in [2.05, 4.69) is 104 Å². The first-order valence-corrected chi connectivity index (χ1v) is 22.7. The molecule has 1 heterocycles. The molecular weight excluding hydrogens is 747 g/mol. The van der Waals surface area contributed by atoms with Crippen LogP contribution in [0.5, 0.6) is 0 Å². The van der Waals surface area contributed by atoms with Crippen molar-refractivity contribution in [2.75, 3.05) is 0 Å². The molecule has 1 aliphatic heterocycles. The van der Waals surface area contributed by atoms with Gasteiger partial charge in [-0.2, -0.15) is 12.8 Å². The van der Waals surface area contributed by atoms with Crippen molar-refractivity contribution in [3.8, 4) is 0 Å². The van der Waals surface area contributed by atoms with Gasteiger partial charge in [-0.25, -0.2) is 4.70 Å². The second-order valence-corrected chi connectivity index (χ2v) is 15.4. The Morgan fingerprint density at radius 2 is 0.833 bits per heavy atom. The maximum atomic E-state index is 12.0. The van der Waals surface area contributed by atoms with E-state index >= 15 is 0 Å². The monoisotopic (exact) mass is 831 g/mol. The van der Waals surface area contributed by atoms with E-state index < -0.39 is 0 Å². The van der Waals surface area contributed by atoms with Crippen molar-refractivity contribution in [2.24, 2.45) is 0 Å². The molecule has 0 unspecified atom stereocenters. The number of rotatable bonds is 27. The van der Waals surface area contributed by atoms with Gasteiger partial charge in [0.1, 0.15) is 0 Å². The molecule has 0 bridgehead atoms. The molecule has 54 heavy (non-hydrogen) atoms. The van der Waals surface area contributed by atoms with Crippen LogP contribution in [0.1, 0.15) is 224 Å². The van der Waals surface area contributed by atoms with E-state index in [1.165, 1.54) is 163 Å². The predicted molar refractivity (Wildman–Crippen MR) is 238 cm³/mol. The van der Waals surface area contributed by atoms with Crippen LogP contribution >= 0.6 is 0 Å². The third kappa shape index (κ3) is 21.5. The van der Waals surface area contributed by atoms with Crippen LogP contribution < -0.4 is 0 Å². The summed E-state index contributed by atoms with van der Waals surface area (Å²) in [7, 11) is 0. The smallest absolute Gasteiger partial charge is 0.493 e. The van der Waals surface area contributed by atoms with Gasteiger partial charge in [0.05, 0.1) is 0 Å². The average molecular weight is 832 g/mol. The Balaban J connectivity index is 0.00000225. The molecule has 3 rings (SSSR count). The molecule has 0 saturated carbocycles. The molecule has 308 valence electrons. The maximum absolute atomic E-state index is 12.0. The Labute approximate surface area is 351 Å². The number of allylic oxidation sites excluding steroid dienone is 2. The number of unbranched alkanes of at least 4 members (excludes halogenated alkanes) is 17. The van der Waals surface area contributed by atoms with Gasteiger partial charge in [0.2, 0.25) is 11.4 Å². The SMILES string of the molecule is CCCCCCCCC1=C(c2cccc(CCCC)c2)[N+](=[N-])C(c2ccc(CCCCCCCC)cc2)=C1CCCCC.[CH2-]CCCC.[CH2-]CCCC.[Pd+2]. The molecule has 0 amide bonds. The van der Waals surface area contributed by atoms with Gasteiger partial charge in [0, 0.05) is 22.3 Å². The molecule has 0 radical (unpaired) electrons. The summed E-state index contributed by atoms with van der Waals surface area (Å²) < 4.78 is 1.58. The summed E-state index contributed by atoms with van der Waals surface area (Å²) in [6, 6.07) is 18.2. The van der Waals surface area contributed by atoms with Gasteiger partial charge >= 0.3 is 20.4 Å². The van der Waals surface area contributed by atoms with Gasteiger partial charge in [-0.05, 0) is 86.8 Å². The third-order valence-electron chi connectivity index (χ3n) is 10.4. The van der Waals surface area contributed by atoms with E-state index in [4.69, 9.17) is 0 Å². The zero-order chi connectivity index (χ0) is 38.9. The van der Waals surface area contributed by atoms with E-state index in [1.807, 2.05) is 0 Å². The summed E-state index contributed by atoms with van der Waals surface area (Å²) >= 11 is 0. The van der Waals surface area contributed by atoms with Crippen LogP contribution in [0.4, 0.5) is 0 Å². The zero-order valence-electron chi connectivity index (χ0n) is 36.3. The van der Waals surface area contributed by atoms with Crippen molar-refractivity contribution in [1.82, 2.24) is 0 Å². The first-order valence-electron chi connectivity index (χ1n) is 22.7. The minimum Gasteiger partial charge on any atom is -0.493 e. The van der Waals surface area contributed by atoms with E-state index in [0.717, 1.165) is 55.5 Å². The normalized spacial score (nSPS) is 12.3. The van der Waals surface area contributed by atoms with E-state index in [1.54, 1.807) is 4.70 Å². The Morgan fingerprint density at radius 1 is 0.426 bits per heavy atom. The fourth-order valence-corrected chi connectivity index (χ4v) is 7.11. The van der Waals surface area contributed by atoms with Gasteiger partial charge in [-0.15, -0.1) is 0 Å². The molecule has 2 nitrogen and oxygen atoms in total. The quantitative estimate of drug-likeness (QED) is 0.0371. The molecule has 0 saturated heterocycles. The molecule has 2 aromatic carbocycles. The van der Waals surface area contributed by atoms with Crippen LogP contribution in [0.3, 0.4) is 0 Å². The summed E-state index contributed by atoms with van der Waals surface area (Å²) in [6.07, 6.45) is 33.3. The van der Waals surface area contributed by atoms with Crippen molar-refractivity contribution in [3.05, 3.63) is 101 Å². The van der Waals surface area contributed by atoms with Crippen LogP contribution in [0.15, 0.2) is 59.7 Å². The molecule has 0 aliphatic carbocycles. The summed E-state index contributed by atoms with van der Waals surface area (Å²) in [6.45, 7) is 20.8. The van der Waals surface area contributed by atoms with E-state index in [0.29, 0.717) is 0 Å². The molecule has 0 fully saturated rings. The van der Waals surface area contributed by atoms with Gasteiger partial charge in [-0.3, -0.25) is 0 Å². The van der Waals surface area contributed by atoms with Crippen LogP contribution in [0.25, 0.3) is 16.9 Å². The Hall–Kier alpha value is -1.82. The molecule has 2 aromatic rings. The van der Waals surface area contributed by atoms with Gasteiger partial charge in [0.25, 0.3) is 0 Å². The molecular formula is C51H84N2Pd.